The van der Waals surface area contributed by atoms with E-state index < -0.39 is 0 Å². The number of halogens is 2. The number of H-pyrrole nitrogens is 1. The number of hydrogen-bond acceptors (Lipinski definition) is 2. The molecule has 0 atom stereocenters. The smallest absolute Gasteiger partial charge is 0.257 e. The number of aromatic amines is 1. The maximum atomic E-state index is 12.5. The van der Waals surface area contributed by atoms with E-state index in [1.807, 2.05) is 24.3 Å². The highest BCUT2D eigenvalue weighted by atomic mass is 79.9. The Kier molecular flexibility index (Phi) is 3.73. The zero-order valence-electron chi connectivity index (χ0n) is 10.8. The van der Waals surface area contributed by atoms with Gasteiger partial charge in [0.2, 0.25) is 0 Å². The van der Waals surface area contributed by atoms with Gasteiger partial charge in [0.25, 0.3) is 5.91 Å². The molecule has 21 heavy (non-hydrogen) atoms. The largest absolute Gasteiger partial charge is 0.399 e. The van der Waals surface area contributed by atoms with Gasteiger partial charge in [-0.2, -0.15) is 0 Å². The van der Waals surface area contributed by atoms with Gasteiger partial charge in [-0.1, -0.05) is 15.9 Å². The van der Waals surface area contributed by atoms with E-state index in [4.69, 9.17) is 5.73 Å². The number of benzene rings is 2. The number of nitrogens with two attached hydrogens (primary N) is 1. The number of hydrogen-bond donors (Lipinski definition) is 3. The van der Waals surface area contributed by atoms with Crippen LogP contribution < -0.4 is 11.1 Å². The molecule has 0 aliphatic heterocycles. The van der Waals surface area contributed by atoms with Crippen LogP contribution in [0.3, 0.4) is 0 Å². The molecular weight excluding hydrogens is 398 g/mol. The molecule has 4 nitrogen and oxygen atoms in total. The van der Waals surface area contributed by atoms with Crippen LogP contribution in [0.25, 0.3) is 10.9 Å². The summed E-state index contributed by atoms with van der Waals surface area (Å²) in [6.07, 6.45) is 1.69. The Morgan fingerprint density at radius 1 is 1.14 bits per heavy atom. The van der Waals surface area contributed by atoms with Crippen molar-refractivity contribution in [2.75, 3.05) is 11.1 Å². The van der Waals surface area contributed by atoms with Crippen LogP contribution in [0.1, 0.15) is 10.4 Å². The van der Waals surface area contributed by atoms with Crippen molar-refractivity contribution in [1.29, 1.82) is 0 Å². The molecule has 0 fully saturated rings. The van der Waals surface area contributed by atoms with E-state index in [2.05, 4.69) is 42.2 Å². The molecule has 0 saturated heterocycles. The minimum atomic E-state index is -0.189. The summed E-state index contributed by atoms with van der Waals surface area (Å²) >= 11 is 6.81. The van der Waals surface area contributed by atoms with Gasteiger partial charge in [-0.05, 0) is 52.3 Å². The van der Waals surface area contributed by atoms with Crippen LogP contribution in [0, 0.1) is 0 Å². The molecule has 0 aliphatic rings. The average Bonchev–Trinajstić information content (AvgIpc) is 2.85. The van der Waals surface area contributed by atoms with Gasteiger partial charge in [0, 0.05) is 31.7 Å². The van der Waals surface area contributed by atoms with Gasteiger partial charge in [-0.15, -0.1) is 0 Å². The molecule has 0 aliphatic carbocycles. The van der Waals surface area contributed by atoms with Gasteiger partial charge in [0.05, 0.1) is 11.3 Å². The van der Waals surface area contributed by atoms with Gasteiger partial charge in [0.15, 0.2) is 0 Å². The van der Waals surface area contributed by atoms with Gasteiger partial charge >= 0.3 is 0 Å². The summed E-state index contributed by atoms with van der Waals surface area (Å²) in [5.74, 6) is -0.189. The molecule has 0 spiro atoms. The van der Waals surface area contributed by atoms with Crippen molar-refractivity contribution in [3.8, 4) is 0 Å². The molecule has 0 unspecified atom stereocenters. The Bertz CT molecular complexity index is 842. The van der Waals surface area contributed by atoms with Crippen molar-refractivity contribution in [3.63, 3.8) is 0 Å². The monoisotopic (exact) mass is 407 g/mol. The van der Waals surface area contributed by atoms with Crippen LogP contribution in [-0.2, 0) is 0 Å². The number of carbonyl (C=O) groups is 1. The van der Waals surface area contributed by atoms with E-state index in [1.165, 1.54) is 0 Å². The predicted octanol–water partition coefficient (Wildman–Crippen LogP) is 4.53. The quantitative estimate of drug-likeness (QED) is 0.545. The molecule has 1 heterocycles. The summed E-state index contributed by atoms with van der Waals surface area (Å²) in [4.78, 5) is 15.5. The highest BCUT2D eigenvalue weighted by molar-refractivity contribution is 9.11. The number of nitrogen functional groups attached to an aromatic ring is 1. The molecule has 4 N–H and O–H groups in total. The number of amides is 1. The number of nitrogens with one attached hydrogen (secondary N) is 2. The Balaban J connectivity index is 1.97. The summed E-state index contributed by atoms with van der Waals surface area (Å²) in [7, 11) is 0. The zero-order valence-corrected chi connectivity index (χ0v) is 14.0. The van der Waals surface area contributed by atoms with Crippen molar-refractivity contribution < 1.29 is 4.79 Å². The maximum absolute atomic E-state index is 12.5. The third-order valence-corrected chi connectivity index (χ3v) is 4.31. The fourth-order valence-electron chi connectivity index (χ4n) is 2.11. The highest BCUT2D eigenvalue weighted by Crippen LogP contribution is 2.28. The molecule has 0 bridgehead atoms. The number of rotatable bonds is 2. The second-order valence-corrected chi connectivity index (χ2v) is 6.36. The summed E-state index contributed by atoms with van der Waals surface area (Å²) in [5, 5.41) is 3.69. The van der Waals surface area contributed by atoms with Gasteiger partial charge in [-0.3, -0.25) is 4.79 Å². The van der Waals surface area contributed by atoms with Crippen LogP contribution in [0.5, 0.6) is 0 Å². The number of carbonyl (C=O) groups excluding carboxylic acids is 1. The van der Waals surface area contributed by atoms with E-state index in [1.54, 1.807) is 18.3 Å². The second kappa shape index (κ2) is 5.54. The summed E-state index contributed by atoms with van der Waals surface area (Å²) in [6.45, 7) is 0. The lowest BCUT2D eigenvalue weighted by atomic mass is 10.1. The van der Waals surface area contributed by atoms with Crippen LogP contribution in [0.15, 0.2) is 51.5 Å². The molecule has 2 aromatic carbocycles. The lowest BCUT2D eigenvalue weighted by molar-refractivity contribution is 0.102. The van der Waals surface area contributed by atoms with Gasteiger partial charge < -0.3 is 16.0 Å². The fourth-order valence-corrected chi connectivity index (χ4v) is 2.82. The van der Waals surface area contributed by atoms with E-state index in [-0.39, 0.29) is 5.91 Å². The van der Waals surface area contributed by atoms with Gasteiger partial charge in [-0.25, -0.2) is 0 Å². The molecule has 0 saturated carbocycles. The first-order chi connectivity index (χ1) is 10.0. The van der Waals surface area contributed by atoms with E-state index in [0.717, 1.165) is 19.8 Å². The predicted molar refractivity (Wildman–Crippen MR) is 92.5 cm³/mol. The summed E-state index contributed by atoms with van der Waals surface area (Å²) in [6, 6.07) is 11.0. The molecule has 1 aromatic heterocycles. The zero-order chi connectivity index (χ0) is 15.0. The third-order valence-electron chi connectivity index (χ3n) is 3.13. The molecule has 3 rings (SSSR count). The number of aromatic nitrogens is 1. The van der Waals surface area contributed by atoms with Crippen molar-refractivity contribution in [3.05, 3.63) is 57.1 Å². The molecule has 106 valence electrons. The van der Waals surface area contributed by atoms with Crippen molar-refractivity contribution in [2.24, 2.45) is 0 Å². The Labute approximate surface area is 138 Å². The minimum Gasteiger partial charge on any atom is -0.399 e. The Hall–Kier alpha value is -1.79. The SMILES string of the molecule is Nc1ccc2[nH]cc(C(=O)Nc3cc(Br)ccc3Br)c2c1. The first-order valence-corrected chi connectivity index (χ1v) is 7.76. The van der Waals surface area contributed by atoms with E-state index in [0.29, 0.717) is 16.9 Å². The maximum Gasteiger partial charge on any atom is 0.257 e. The Morgan fingerprint density at radius 2 is 1.95 bits per heavy atom. The van der Waals surface area contributed by atoms with E-state index >= 15 is 0 Å². The number of fused-ring (bicyclic) bond motifs is 1. The van der Waals surface area contributed by atoms with Crippen LogP contribution in [0.4, 0.5) is 11.4 Å². The summed E-state index contributed by atoms with van der Waals surface area (Å²) < 4.78 is 1.71. The summed E-state index contributed by atoms with van der Waals surface area (Å²) in [5.41, 5.74) is 8.55. The lowest BCUT2D eigenvalue weighted by Crippen LogP contribution is -2.11. The fraction of sp³-hybridized carbons (Fsp3) is 0. The second-order valence-electron chi connectivity index (χ2n) is 4.59. The van der Waals surface area contributed by atoms with E-state index in [9.17, 15) is 4.79 Å². The lowest BCUT2D eigenvalue weighted by Gasteiger charge is -2.07. The van der Waals surface area contributed by atoms with Crippen LogP contribution >= 0.6 is 31.9 Å². The molecule has 0 radical (unpaired) electrons. The van der Waals surface area contributed by atoms with Gasteiger partial charge in [0.1, 0.15) is 0 Å². The molecule has 1 amide bonds. The van der Waals surface area contributed by atoms with Crippen LogP contribution in [-0.4, -0.2) is 10.9 Å². The minimum absolute atomic E-state index is 0.189. The highest BCUT2D eigenvalue weighted by Gasteiger charge is 2.13. The molecule has 3 aromatic rings. The Morgan fingerprint density at radius 3 is 2.76 bits per heavy atom. The van der Waals surface area contributed by atoms with Crippen molar-refractivity contribution >= 4 is 60.0 Å². The topological polar surface area (TPSA) is 70.9 Å². The molecular formula is C15H11Br2N3O. The van der Waals surface area contributed by atoms with Crippen LogP contribution in [0.2, 0.25) is 0 Å². The van der Waals surface area contributed by atoms with Crippen molar-refractivity contribution in [1.82, 2.24) is 4.98 Å². The average molecular weight is 409 g/mol. The third kappa shape index (κ3) is 2.82. The first-order valence-electron chi connectivity index (χ1n) is 6.17. The molecule has 6 heteroatoms. The first kappa shape index (κ1) is 14.2. The normalized spacial score (nSPS) is 10.8. The standard InChI is InChI=1S/C15H11Br2N3O/c16-8-1-3-12(17)14(5-8)20-15(21)11-7-19-13-4-2-9(18)6-10(11)13/h1-7,19H,18H2,(H,20,21). The van der Waals surface area contributed by atoms with Crippen molar-refractivity contribution in [2.45, 2.75) is 0 Å². The number of anilines is 2.